The molecule has 1 aromatic heterocycles. The van der Waals surface area contributed by atoms with E-state index in [0.717, 1.165) is 57.1 Å². The number of aryl methyl sites for hydroxylation is 1. The van der Waals surface area contributed by atoms with Gasteiger partial charge in [0.05, 0.1) is 5.69 Å². The van der Waals surface area contributed by atoms with Crippen LogP contribution in [0.4, 0.5) is 5.69 Å². The molecule has 0 amide bonds. The summed E-state index contributed by atoms with van der Waals surface area (Å²) in [4.78, 5) is 12.5. The second-order valence-electron chi connectivity index (χ2n) is 8.70. The number of fused-ring (bicyclic) bond motifs is 2. The number of piperazine rings is 1. The zero-order valence-corrected chi connectivity index (χ0v) is 19.8. The quantitative estimate of drug-likeness (QED) is 0.531. The Kier molecular flexibility index (Phi) is 6.33. The Morgan fingerprint density at radius 3 is 2.33 bits per heavy atom. The van der Waals surface area contributed by atoms with E-state index in [1.54, 1.807) is 29.3 Å². The third kappa shape index (κ3) is 4.61. The smallest absolute Gasteiger partial charge is 0.196 e. The van der Waals surface area contributed by atoms with Crippen molar-refractivity contribution in [2.24, 2.45) is 4.99 Å². The highest BCUT2D eigenvalue weighted by Crippen LogP contribution is 2.40. The standard InChI is InChI=1S/C26H30N4O2S/c1-19-18-24(31)30(26(19)32)13-7-6-12-28-14-16-29(17-15-28)25-20-8-2-4-10-22(20)33-23-11-5-3-9-21(23)27-25/h2-5,8-11,18,31-32H,6-7,12-17H2,1H3. The van der Waals surface area contributed by atoms with E-state index >= 15 is 0 Å². The van der Waals surface area contributed by atoms with E-state index in [2.05, 4.69) is 58.3 Å². The summed E-state index contributed by atoms with van der Waals surface area (Å²) in [5, 5.41) is 20.0. The molecule has 0 spiro atoms. The summed E-state index contributed by atoms with van der Waals surface area (Å²) in [6, 6.07) is 18.6. The summed E-state index contributed by atoms with van der Waals surface area (Å²) in [7, 11) is 0. The molecule has 0 aliphatic carbocycles. The van der Waals surface area contributed by atoms with Gasteiger partial charge in [-0.05, 0) is 44.5 Å². The summed E-state index contributed by atoms with van der Waals surface area (Å²) < 4.78 is 1.59. The van der Waals surface area contributed by atoms with Crippen LogP contribution in [0.3, 0.4) is 0 Å². The van der Waals surface area contributed by atoms with Crippen LogP contribution in [0.5, 0.6) is 11.8 Å². The van der Waals surface area contributed by atoms with E-state index in [-0.39, 0.29) is 11.8 Å². The number of aromatic hydroxyl groups is 2. The molecule has 5 rings (SSSR count). The number of nitrogens with zero attached hydrogens (tertiary/aromatic N) is 4. The zero-order valence-electron chi connectivity index (χ0n) is 18.9. The van der Waals surface area contributed by atoms with Gasteiger partial charge in [-0.15, -0.1) is 0 Å². The van der Waals surface area contributed by atoms with Gasteiger partial charge in [-0.2, -0.15) is 0 Å². The Bertz CT molecular complexity index is 1160. The number of aliphatic imine (C=N–C) groups is 1. The predicted octanol–water partition coefficient (Wildman–Crippen LogP) is 4.85. The number of aromatic nitrogens is 1. The molecule has 2 aliphatic heterocycles. The maximum absolute atomic E-state index is 10.0. The number of para-hydroxylation sites is 1. The van der Waals surface area contributed by atoms with Crippen LogP contribution in [0.15, 0.2) is 69.4 Å². The normalized spacial score (nSPS) is 16.2. The molecule has 33 heavy (non-hydrogen) atoms. The molecule has 6 nitrogen and oxygen atoms in total. The van der Waals surface area contributed by atoms with Crippen molar-refractivity contribution in [2.45, 2.75) is 36.1 Å². The van der Waals surface area contributed by atoms with Gasteiger partial charge in [-0.3, -0.25) is 9.47 Å². The molecule has 2 N–H and O–H groups in total. The van der Waals surface area contributed by atoms with Crippen molar-refractivity contribution >= 4 is 23.3 Å². The fraction of sp³-hybridized carbons (Fsp3) is 0.346. The molecule has 2 aliphatic rings. The third-order valence-electron chi connectivity index (χ3n) is 6.45. The topological polar surface area (TPSA) is 64.2 Å². The monoisotopic (exact) mass is 462 g/mol. The van der Waals surface area contributed by atoms with Gasteiger partial charge in [0.25, 0.3) is 0 Å². The first-order valence-electron chi connectivity index (χ1n) is 11.6. The van der Waals surface area contributed by atoms with Gasteiger partial charge in [0, 0.05) is 59.7 Å². The van der Waals surface area contributed by atoms with E-state index in [1.807, 2.05) is 0 Å². The fourth-order valence-electron chi connectivity index (χ4n) is 4.58. The fourth-order valence-corrected chi connectivity index (χ4v) is 5.59. The van der Waals surface area contributed by atoms with Crippen LogP contribution in [0.2, 0.25) is 0 Å². The summed E-state index contributed by atoms with van der Waals surface area (Å²) in [6.07, 6.45) is 1.95. The van der Waals surface area contributed by atoms with Crippen LogP contribution in [0.25, 0.3) is 0 Å². The largest absolute Gasteiger partial charge is 0.494 e. The third-order valence-corrected chi connectivity index (χ3v) is 7.59. The lowest BCUT2D eigenvalue weighted by Crippen LogP contribution is -2.49. The molecule has 2 aromatic carbocycles. The second kappa shape index (κ2) is 9.53. The number of benzene rings is 2. The van der Waals surface area contributed by atoms with Gasteiger partial charge in [0.15, 0.2) is 11.8 Å². The number of hydrogen-bond donors (Lipinski definition) is 2. The maximum atomic E-state index is 10.0. The summed E-state index contributed by atoms with van der Waals surface area (Å²) in [5.74, 6) is 1.39. The van der Waals surface area contributed by atoms with E-state index < -0.39 is 0 Å². The number of hydrogen-bond acceptors (Lipinski definition) is 6. The van der Waals surface area contributed by atoms with Crippen LogP contribution in [-0.2, 0) is 6.54 Å². The Balaban J connectivity index is 1.20. The molecule has 3 aromatic rings. The molecule has 3 heterocycles. The summed E-state index contributed by atoms with van der Waals surface area (Å²) in [5.41, 5.74) is 2.98. The molecular formula is C26H30N4O2S. The lowest BCUT2D eigenvalue weighted by molar-refractivity contribution is 0.178. The minimum absolute atomic E-state index is 0.141. The molecule has 0 unspecified atom stereocenters. The highest BCUT2D eigenvalue weighted by atomic mass is 32.2. The SMILES string of the molecule is Cc1cc(O)n(CCCCN2CCN(C3=Nc4ccccc4Sc4ccccc43)CC2)c1O. The minimum atomic E-state index is 0.141. The first kappa shape index (κ1) is 21.9. The van der Waals surface area contributed by atoms with Gasteiger partial charge in [-0.1, -0.05) is 42.1 Å². The van der Waals surface area contributed by atoms with Crippen LogP contribution >= 0.6 is 11.8 Å². The highest BCUT2D eigenvalue weighted by Gasteiger charge is 2.25. The first-order chi connectivity index (χ1) is 16.1. The molecule has 0 radical (unpaired) electrons. The average molecular weight is 463 g/mol. The van der Waals surface area contributed by atoms with Crippen molar-refractivity contribution in [3.8, 4) is 11.8 Å². The van der Waals surface area contributed by atoms with Crippen molar-refractivity contribution < 1.29 is 10.2 Å². The Morgan fingerprint density at radius 2 is 1.58 bits per heavy atom. The van der Waals surface area contributed by atoms with Crippen LogP contribution in [0.1, 0.15) is 24.0 Å². The molecule has 1 fully saturated rings. The Hall–Kier alpha value is -2.90. The van der Waals surface area contributed by atoms with Crippen molar-refractivity contribution in [1.29, 1.82) is 0 Å². The van der Waals surface area contributed by atoms with E-state index in [4.69, 9.17) is 4.99 Å². The first-order valence-corrected chi connectivity index (χ1v) is 12.4. The maximum Gasteiger partial charge on any atom is 0.196 e. The molecule has 1 saturated heterocycles. The minimum Gasteiger partial charge on any atom is -0.494 e. The number of amidine groups is 1. The number of rotatable bonds is 5. The van der Waals surface area contributed by atoms with Gasteiger partial charge in [0.1, 0.15) is 5.84 Å². The summed E-state index contributed by atoms with van der Waals surface area (Å²) >= 11 is 1.80. The van der Waals surface area contributed by atoms with Crippen molar-refractivity contribution in [2.75, 3.05) is 32.7 Å². The predicted molar refractivity (Wildman–Crippen MR) is 133 cm³/mol. The molecule has 0 atom stereocenters. The van der Waals surface area contributed by atoms with E-state index in [0.29, 0.717) is 12.1 Å². The Morgan fingerprint density at radius 1 is 0.879 bits per heavy atom. The van der Waals surface area contributed by atoms with Crippen molar-refractivity contribution in [3.05, 3.63) is 65.7 Å². The van der Waals surface area contributed by atoms with Gasteiger partial charge in [0.2, 0.25) is 0 Å². The Labute approximate surface area is 199 Å². The highest BCUT2D eigenvalue weighted by molar-refractivity contribution is 7.99. The van der Waals surface area contributed by atoms with Crippen LogP contribution in [-0.4, -0.2) is 63.1 Å². The summed E-state index contributed by atoms with van der Waals surface area (Å²) in [6.45, 7) is 7.40. The van der Waals surface area contributed by atoms with Gasteiger partial charge in [-0.25, -0.2) is 4.99 Å². The van der Waals surface area contributed by atoms with Crippen molar-refractivity contribution in [3.63, 3.8) is 0 Å². The zero-order chi connectivity index (χ0) is 22.8. The molecule has 0 saturated carbocycles. The van der Waals surface area contributed by atoms with Crippen LogP contribution < -0.4 is 0 Å². The average Bonchev–Trinajstić information content (AvgIpc) is 2.98. The molecule has 172 valence electrons. The van der Waals surface area contributed by atoms with Crippen molar-refractivity contribution in [1.82, 2.24) is 14.4 Å². The molecular weight excluding hydrogens is 432 g/mol. The lowest BCUT2D eigenvalue weighted by atomic mass is 10.1. The molecule has 7 heteroatoms. The van der Waals surface area contributed by atoms with E-state index in [1.165, 1.54) is 15.4 Å². The lowest BCUT2D eigenvalue weighted by Gasteiger charge is -2.36. The number of unbranched alkanes of at least 4 members (excludes halogenated alkanes) is 1. The van der Waals surface area contributed by atoms with Gasteiger partial charge >= 0.3 is 0 Å². The second-order valence-corrected chi connectivity index (χ2v) is 9.78. The molecule has 0 bridgehead atoms. The van der Waals surface area contributed by atoms with Gasteiger partial charge < -0.3 is 15.1 Å². The van der Waals surface area contributed by atoms with Crippen LogP contribution in [0, 0.1) is 6.92 Å². The van der Waals surface area contributed by atoms with E-state index in [9.17, 15) is 10.2 Å².